The van der Waals surface area contributed by atoms with Crippen LogP contribution in [0.2, 0.25) is 0 Å². The molecule has 3 heteroatoms. The van der Waals surface area contributed by atoms with Crippen molar-refractivity contribution >= 4 is 17.7 Å². The highest BCUT2D eigenvalue weighted by molar-refractivity contribution is 5.64. The fourth-order valence-electron chi connectivity index (χ4n) is 4.37. The van der Waals surface area contributed by atoms with Gasteiger partial charge in [0, 0.05) is 45.5 Å². The van der Waals surface area contributed by atoms with Crippen LogP contribution in [0.15, 0.2) is 60.7 Å². The van der Waals surface area contributed by atoms with E-state index < -0.39 is 0 Å². The smallest absolute Gasteiger partial charge is 0.142 e. The molecule has 0 aromatic heterocycles. The molecule has 2 aromatic rings. The number of hydrogen-bond donors (Lipinski definition) is 0. The van der Waals surface area contributed by atoms with E-state index in [9.17, 15) is 4.79 Å². The van der Waals surface area contributed by atoms with Gasteiger partial charge in [0.25, 0.3) is 0 Å². The molecule has 0 unspecified atom stereocenters. The van der Waals surface area contributed by atoms with Gasteiger partial charge in [-0.1, -0.05) is 75.8 Å². The number of anilines is 2. The molecule has 0 aliphatic heterocycles. The van der Waals surface area contributed by atoms with Crippen molar-refractivity contribution in [1.82, 2.24) is 0 Å². The normalized spacial score (nSPS) is 12.3. The van der Waals surface area contributed by atoms with E-state index in [0.717, 1.165) is 12.7 Å². The summed E-state index contributed by atoms with van der Waals surface area (Å²) in [5.41, 5.74) is 5.01. The monoisotopic (exact) mass is 434 g/mol. The minimum atomic E-state index is 0.231. The van der Waals surface area contributed by atoms with Crippen molar-refractivity contribution in [3.8, 4) is 0 Å². The van der Waals surface area contributed by atoms with Crippen LogP contribution in [-0.4, -0.2) is 34.5 Å². The van der Waals surface area contributed by atoms with Gasteiger partial charge >= 0.3 is 0 Å². The van der Waals surface area contributed by atoms with Crippen molar-refractivity contribution in [2.75, 3.05) is 38.0 Å². The highest BCUT2D eigenvalue weighted by Crippen LogP contribution is 2.37. The van der Waals surface area contributed by atoms with Gasteiger partial charge in [0.2, 0.25) is 0 Å². The molecule has 0 aliphatic carbocycles. The van der Waals surface area contributed by atoms with E-state index in [1.807, 2.05) is 0 Å². The van der Waals surface area contributed by atoms with Crippen LogP contribution in [-0.2, 0) is 4.79 Å². The number of allylic oxidation sites excluding steroid dienone is 2. The van der Waals surface area contributed by atoms with Crippen LogP contribution in [0.25, 0.3) is 0 Å². The SMILES string of the molecule is CCCCCCCC[C@H](/C=C/C=O)C(c1ccc(N(C)C)cc1)c1ccc(N(C)C)cc1. The molecule has 174 valence electrons. The van der Waals surface area contributed by atoms with Gasteiger partial charge in [-0.15, -0.1) is 0 Å². The Bertz CT molecular complexity index is 755. The van der Waals surface area contributed by atoms with Gasteiger partial charge in [0.15, 0.2) is 0 Å². The van der Waals surface area contributed by atoms with Crippen LogP contribution in [0.1, 0.15) is 68.9 Å². The minimum absolute atomic E-state index is 0.231. The maximum absolute atomic E-state index is 11.2. The first-order chi connectivity index (χ1) is 15.5. The summed E-state index contributed by atoms with van der Waals surface area (Å²) in [4.78, 5) is 15.5. The lowest BCUT2D eigenvalue weighted by Crippen LogP contribution is -2.15. The third-order valence-electron chi connectivity index (χ3n) is 6.29. The first-order valence-electron chi connectivity index (χ1n) is 12.1. The summed E-state index contributed by atoms with van der Waals surface area (Å²) in [5, 5.41) is 0. The Hall–Kier alpha value is -2.55. The van der Waals surface area contributed by atoms with Crippen molar-refractivity contribution in [3.63, 3.8) is 0 Å². The summed E-state index contributed by atoms with van der Waals surface area (Å²) in [7, 11) is 8.28. The number of rotatable bonds is 14. The van der Waals surface area contributed by atoms with Gasteiger partial charge in [-0.3, -0.25) is 4.79 Å². The Morgan fingerprint density at radius 3 is 1.62 bits per heavy atom. The molecular weight excluding hydrogens is 392 g/mol. The first kappa shape index (κ1) is 25.7. The standard InChI is InChI=1S/C29H42N2O/c1-6-7-8-9-10-11-13-24(14-12-23-32)29(25-15-19-27(20-16-25)30(2)3)26-17-21-28(22-18-26)31(4)5/h12,14-24,29H,6-11,13H2,1-5H3/b14-12+/t24-/m1/s1. The fourth-order valence-corrected chi connectivity index (χ4v) is 4.37. The van der Waals surface area contributed by atoms with Crippen LogP contribution in [0, 0.1) is 5.92 Å². The van der Waals surface area contributed by atoms with E-state index in [0.29, 0.717) is 5.92 Å². The summed E-state index contributed by atoms with van der Waals surface area (Å²) in [5.74, 6) is 0.524. The molecule has 0 N–H and O–H groups in total. The quantitative estimate of drug-likeness (QED) is 0.180. The van der Waals surface area contributed by atoms with Gasteiger partial charge in [-0.25, -0.2) is 0 Å². The minimum Gasteiger partial charge on any atom is -0.378 e. The van der Waals surface area contributed by atoms with Crippen LogP contribution in [0.3, 0.4) is 0 Å². The van der Waals surface area contributed by atoms with E-state index in [1.54, 1.807) is 6.08 Å². The van der Waals surface area contributed by atoms with Crippen molar-refractivity contribution in [2.45, 2.75) is 57.8 Å². The Morgan fingerprint density at radius 1 is 0.719 bits per heavy atom. The zero-order valence-corrected chi connectivity index (χ0v) is 20.8. The van der Waals surface area contributed by atoms with Crippen LogP contribution < -0.4 is 9.80 Å². The second kappa shape index (κ2) is 13.8. The van der Waals surface area contributed by atoms with Crippen LogP contribution in [0.5, 0.6) is 0 Å². The molecule has 0 amide bonds. The summed E-state index contributed by atoms with van der Waals surface area (Å²) in [6.45, 7) is 2.26. The van der Waals surface area contributed by atoms with Gasteiger partial charge in [-0.05, 0) is 53.8 Å². The highest BCUT2D eigenvalue weighted by Gasteiger charge is 2.23. The Morgan fingerprint density at radius 2 is 1.19 bits per heavy atom. The maximum atomic E-state index is 11.2. The average molecular weight is 435 g/mol. The lowest BCUT2D eigenvalue weighted by Gasteiger charge is -2.27. The van der Waals surface area contributed by atoms with Gasteiger partial charge in [-0.2, -0.15) is 0 Å². The molecule has 0 spiro atoms. The van der Waals surface area contributed by atoms with E-state index in [4.69, 9.17) is 0 Å². The number of hydrogen-bond acceptors (Lipinski definition) is 3. The van der Waals surface area contributed by atoms with E-state index in [2.05, 4.69) is 99.5 Å². The van der Waals surface area contributed by atoms with Crippen molar-refractivity contribution in [2.24, 2.45) is 5.92 Å². The number of unbranched alkanes of at least 4 members (excludes halogenated alkanes) is 5. The van der Waals surface area contributed by atoms with Gasteiger partial charge in [0.05, 0.1) is 0 Å². The second-order valence-electron chi connectivity index (χ2n) is 9.19. The van der Waals surface area contributed by atoms with Crippen molar-refractivity contribution in [1.29, 1.82) is 0 Å². The Labute approximate surface area is 196 Å². The molecule has 0 saturated heterocycles. The number of aldehydes is 1. The molecule has 32 heavy (non-hydrogen) atoms. The molecule has 3 nitrogen and oxygen atoms in total. The average Bonchev–Trinajstić information content (AvgIpc) is 2.80. The molecule has 0 radical (unpaired) electrons. The Balaban J connectivity index is 2.33. The third kappa shape index (κ3) is 7.85. The number of carbonyl (C=O) groups is 1. The summed E-state index contributed by atoms with van der Waals surface area (Å²) in [6.07, 6.45) is 13.5. The zero-order valence-electron chi connectivity index (χ0n) is 20.8. The third-order valence-corrected chi connectivity index (χ3v) is 6.29. The molecule has 1 atom stereocenters. The summed E-state index contributed by atoms with van der Waals surface area (Å²) < 4.78 is 0. The lowest BCUT2D eigenvalue weighted by molar-refractivity contribution is -0.104. The van der Waals surface area contributed by atoms with Gasteiger partial charge in [0.1, 0.15) is 6.29 Å². The highest BCUT2D eigenvalue weighted by atomic mass is 16.1. The predicted molar refractivity (Wildman–Crippen MR) is 140 cm³/mol. The van der Waals surface area contributed by atoms with E-state index >= 15 is 0 Å². The molecule has 2 aromatic carbocycles. The summed E-state index contributed by atoms with van der Waals surface area (Å²) >= 11 is 0. The fraction of sp³-hybridized carbons (Fsp3) is 0.483. The van der Waals surface area contributed by atoms with E-state index in [-0.39, 0.29) is 5.92 Å². The number of benzene rings is 2. The van der Waals surface area contributed by atoms with Crippen molar-refractivity contribution < 1.29 is 4.79 Å². The molecular formula is C29H42N2O. The summed E-state index contributed by atoms with van der Waals surface area (Å²) in [6, 6.07) is 17.8. The van der Waals surface area contributed by atoms with Gasteiger partial charge < -0.3 is 9.80 Å². The number of nitrogens with zero attached hydrogens (tertiary/aromatic N) is 2. The van der Waals surface area contributed by atoms with Crippen molar-refractivity contribution in [3.05, 3.63) is 71.8 Å². The molecule has 0 heterocycles. The molecule has 0 saturated carbocycles. The molecule has 0 aliphatic rings. The largest absolute Gasteiger partial charge is 0.378 e. The zero-order chi connectivity index (χ0) is 23.3. The van der Waals surface area contributed by atoms with Crippen LogP contribution >= 0.6 is 0 Å². The molecule has 0 fully saturated rings. The topological polar surface area (TPSA) is 23.6 Å². The Kier molecular flexibility index (Phi) is 11.1. The number of carbonyl (C=O) groups excluding carboxylic acids is 1. The first-order valence-corrected chi connectivity index (χ1v) is 12.1. The van der Waals surface area contributed by atoms with Crippen LogP contribution in [0.4, 0.5) is 11.4 Å². The van der Waals surface area contributed by atoms with E-state index in [1.165, 1.54) is 61.0 Å². The second-order valence-corrected chi connectivity index (χ2v) is 9.19. The maximum Gasteiger partial charge on any atom is 0.142 e. The molecule has 0 bridgehead atoms. The lowest BCUT2D eigenvalue weighted by atomic mass is 9.78. The molecule has 2 rings (SSSR count). The predicted octanol–water partition coefficient (Wildman–Crippen LogP) is 7.07.